The minimum absolute atomic E-state index is 0.0516. The molecule has 0 aliphatic carbocycles. The van der Waals surface area contributed by atoms with E-state index in [-0.39, 0.29) is 11.4 Å². The zero-order valence-electron chi connectivity index (χ0n) is 15.9. The lowest BCUT2D eigenvalue weighted by Crippen LogP contribution is -2.52. The summed E-state index contributed by atoms with van der Waals surface area (Å²) >= 11 is 0. The van der Waals surface area contributed by atoms with Crippen molar-refractivity contribution in [2.75, 3.05) is 32.8 Å². The first-order chi connectivity index (χ1) is 14.0. The Balaban J connectivity index is 1.58. The Hall–Kier alpha value is -2.46. The first-order valence-electron chi connectivity index (χ1n) is 9.27. The summed E-state index contributed by atoms with van der Waals surface area (Å²) in [5.41, 5.74) is 1.01. The first kappa shape index (κ1) is 21.3. The highest BCUT2D eigenvalue weighted by molar-refractivity contribution is 7.89. The molecular weight excluding hydrogens is 396 g/mol. The van der Waals surface area contributed by atoms with Crippen LogP contribution in [0.2, 0.25) is 0 Å². The molecule has 0 unspecified atom stereocenters. The van der Waals surface area contributed by atoms with Crippen LogP contribution in [0.15, 0.2) is 59.5 Å². The molecular formula is C20H24N2O6S. The zero-order valence-corrected chi connectivity index (χ0v) is 16.7. The number of benzene rings is 2. The van der Waals surface area contributed by atoms with Crippen LogP contribution >= 0.6 is 0 Å². The molecule has 9 heteroatoms. The van der Waals surface area contributed by atoms with Crippen LogP contribution in [0.25, 0.3) is 0 Å². The molecule has 0 saturated carbocycles. The number of morpholine rings is 1. The van der Waals surface area contributed by atoms with Gasteiger partial charge in [0.2, 0.25) is 10.0 Å². The fourth-order valence-electron chi connectivity index (χ4n) is 2.99. The standard InChI is InChI=1S/C20H24N2O6S/c23-20(24)19(22-10-12-27-13-11-22)14-21-29(25,26)18-8-6-17(7-9-18)28-15-16-4-2-1-3-5-16/h1-9,19,21H,10-15H2,(H,23,24)/t19-/m0/s1. The van der Waals surface area contributed by atoms with E-state index in [1.165, 1.54) is 12.1 Å². The van der Waals surface area contributed by atoms with Crippen LogP contribution in [0.4, 0.5) is 0 Å². The highest BCUT2D eigenvalue weighted by Gasteiger charge is 2.28. The van der Waals surface area contributed by atoms with Crippen molar-refractivity contribution in [2.24, 2.45) is 0 Å². The average Bonchev–Trinajstić information content (AvgIpc) is 2.74. The number of nitrogens with one attached hydrogen (secondary N) is 1. The summed E-state index contributed by atoms with van der Waals surface area (Å²) < 4.78 is 38.4. The third-order valence-electron chi connectivity index (χ3n) is 4.62. The van der Waals surface area contributed by atoms with Crippen molar-refractivity contribution in [1.29, 1.82) is 0 Å². The van der Waals surface area contributed by atoms with Gasteiger partial charge in [-0.15, -0.1) is 0 Å². The summed E-state index contributed by atoms with van der Waals surface area (Å²) in [6, 6.07) is 14.7. The summed E-state index contributed by atoms with van der Waals surface area (Å²) in [4.78, 5) is 13.3. The molecule has 156 valence electrons. The second-order valence-electron chi connectivity index (χ2n) is 6.60. The molecule has 1 fully saturated rings. The molecule has 8 nitrogen and oxygen atoms in total. The number of carbonyl (C=O) groups is 1. The third-order valence-corrected chi connectivity index (χ3v) is 6.06. The van der Waals surface area contributed by atoms with E-state index in [9.17, 15) is 18.3 Å². The molecule has 0 bridgehead atoms. The van der Waals surface area contributed by atoms with Gasteiger partial charge in [-0.3, -0.25) is 9.69 Å². The summed E-state index contributed by atoms with van der Waals surface area (Å²) in [6.07, 6.45) is 0. The molecule has 0 aromatic heterocycles. The normalized spacial score (nSPS) is 16.3. The fourth-order valence-corrected chi connectivity index (χ4v) is 4.03. The molecule has 0 spiro atoms. The molecule has 1 aliphatic heterocycles. The monoisotopic (exact) mass is 420 g/mol. The van der Waals surface area contributed by atoms with Crippen LogP contribution in [0, 0.1) is 0 Å². The summed E-state index contributed by atoms with van der Waals surface area (Å²) in [5, 5.41) is 9.45. The maximum atomic E-state index is 12.5. The van der Waals surface area contributed by atoms with Crippen molar-refractivity contribution in [3.63, 3.8) is 0 Å². The van der Waals surface area contributed by atoms with E-state index < -0.39 is 22.0 Å². The highest BCUT2D eigenvalue weighted by atomic mass is 32.2. The van der Waals surface area contributed by atoms with Gasteiger partial charge in [-0.05, 0) is 29.8 Å². The third kappa shape index (κ3) is 6.01. The lowest BCUT2D eigenvalue weighted by molar-refractivity contribution is -0.144. The van der Waals surface area contributed by atoms with Gasteiger partial charge in [0.1, 0.15) is 18.4 Å². The second kappa shape index (κ2) is 9.84. The molecule has 1 heterocycles. The van der Waals surface area contributed by atoms with Gasteiger partial charge in [-0.25, -0.2) is 13.1 Å². The molecule has 1 atom stereocenters. The van der Waals surface area contributed by atoms with Gasteiger partial charge in [0.15, 0.2) is 0 Å². The Kier molecular flexibility index (Phi) is 7.21. The molecule has 29 heavy (non-hydrogen) atoms. The van der Waals surface area contributed by atoms with Crippen LogP contribution in [0.5, 0.6) is 5.75 Å². The van der Waals surface area contributed by atoms with Gasteiger partial charge in [0.05, 0.1) is 18.1 Å². The van der Waals surface area contributed by atoms with Crippen molar-refractivity contribution in [1.82, 2.24) is 9.62 Å². The Labute approximate surface area is 170 Å². The lowest BCUT2D eigenvalue weighted by Gasteiger charge is -2.31. The van der Waals surface area contributed by atoms with E-state index in [2.05, 4.69) is 4.72 Å². The number of sulfonamides is 1. The summed E-state index contributed by atoms with van der Waals surface area (Å²) in [6.45, 7) is 1.93. The largest absolute Gasteiger partial charge is 0.489 e. The van der Waals surface area contributed by atoms with E-state index in [0.717, 1.165) is 5.56 Å². The number of hydrogen-bond donors (Lipinski definition) is 2. The predicted molar refractivity (Wildman–Crippen MR) is 106 cm³/mol. The van der Waals surface area contributed by atoms with Gasteiger partial charge < -0.3 is 14.6 Å². The van der Waals surface area contributed by atoms with Crippen molar-refractivity contribution in [2.45, 2.75) is 17.5 Å². The van der Waals surface area contributed by atoms with Crippen LogP contribution in [0.1, 0.15) is 5.56 Å². The SMILES string of the molecule is O=C(O)[C@H](CNS(=O)(=O)c1ccc(OCc2ccccc2)cc1)N1CCOCC1. The smallest absolute Gasteiger partial charge is 0.322 e. The molecule has 2 N–H and O–H groups in total. The van der Waals surface area contributed by atoms with Crippen LogP contribution in [-0.2, 0) is 26.2 Å². The number of aliphatic carboxylic acids is 1. The van der Waals surface area contributed by atoms with Crippen LogP contribution in [-0.4, -0.2) is 63.3 Å². The van der Waals surface area contributed by atoms with Crippen molar-refractivity contribution < 1.29 is 27.8 Å². The zero-order chi connectivity index (χ0) is 20.7. The number of ether oxygens (including phenoxy) is 2. The number of rotatable bonds is 9. The van der Waals surface area contributed by atoms with Gasteiger partial charge in [0.25, 0.3) is 0 Å². The number of nitrogens with zero attached hydrogens (tertiary/aromatic N) is 1. The molecule has 1 aliphatic rings. The van der Waals surface area contributed by atoms with Gasteiger partial charge >= 0.3 is 5.97 Å². The van der Waals surface area contributed by atoms with E-state index in [0.29, 0.717) is 38.7 Å². The highest BCUT2D eigenvalue weighted by Crippen LogP contribution is 2.17. The van der Waals surface area contributed by atoms with Gasteiger partial charge in [-0.2, -0.15) is 0 Å². The Morgan fingerprint density at radius 1 is 1.10 bits per heavy atom. The predicted octanol–water partition coefficient (Wildman–Crippen LogP) is 1.33. The topological polar surface area (TPSA) is 105 Å². The molecule has 3 rings (SSSR count). The van der Waals surface area contributed by atoms with E-state index >= 15 is 0 Å². The molecule has 1 saturated heterocycles. The lowest BCUT2D eigenvalue weighted by atomic mass is 10.2. The van der Waals surface area contributed by atoms with Crippen LogP contribution < -0.4 is 9.46 Å². The van der Waals surface area contributed by atoms with Crippen molar-refractivity contribution in [3.05, 3.63) is 60.2 Å². The van der Waals surface area contributed by atoms with Crippen molar-refractivity contribution in [3.8, 4) is 5.75 Å². The second-order valence-corrected chi connectivity index (χ2v) is 8.37. The summed E-state index contributed by atoms with van der Waals surface area (Å²) in [5.74, 6) is -0.524. The van der Waals surface area contributed by atoms with E-state index in [1.807, 2.05) is 30.3 Å². The van der Waals surface area contributed by atoms with Gasteiger partial charge in [0, 0.05) is 19.6 Å². The Morgan fingerprint density at radius 2 is 1.76 bits per heavy atom. The first-order valence-corrected chi connectivity index (χ1v) is 10.7. The minimum Gasteiger partial charge on any atom is -0.489 e. The maximum absolute atomic E-state index is 12.5. The average molecular weight is 420 g/mol. The molecule has 2 aromatic rings. The minimum atomic E-state index is -3.84. The molecule has 0 amide bonds. The number of carboxylic acid groups (broad SMARTS) is 1. The molecule has 2 aromatic carbocycles. The van der Waals surface area contributed by atoms with Gasteiger partial charge in [-0.1, -0.05) is 30.3 Å². The number of hydrogen-bond acceptors (Lipinski definition) is 6. The van der Waals surface area contributed by atoms with Crippen LogP contribution in [0.3, 0.4) is 0 Å². The van der Waals surface area contributed by atoms with E-state index in [4.69, 9.17) is 9.47 Å². The van der Waals surface area contributed by atoms with Crippen molar-refractivity contribution >= 4 is 16.0 Å². The Morgan fingerprint density at radius 3 is 2.38 bits per heavy atom. The number of carboxylic acids is 1. The molecule has 0 radical (unpaired) electrons. The summed E-state index contributed by atoms with van der Waals surface area (Å²) in [7, 11) is -3.84. The quantitative estimate of drug-likeness (QED) is 0.630. The maximum Gasteiger partial charge on any atom is 0.322 e. The fraction of sp³-hybridized carbons (Fsp3) is 0.350. The van der Waals surface area contributed by atoms with E-state index in [1.54, 1.807) is 17.0 Å². The Bertz CT molecular complexity index is 896.